The van der Waals surface area contributed by atoms with Crippen LogP contribution in [0.25, 0.3) is 0 Å². The molecule has 126 valence electrons. The van der Waals surface area contributed by atoms with Gasteiger partial charge < -0.3 is 5.11 Å². The molecule has 0 heterocycles. The molecule has 1 N–H and O–H groups in total. The third-order valence-corrected chi connectivity index (χ3v) is 4.63. The summed E-state index contributed by atoms with van der Waals surface area (Å²) in [5.74, 6) is 1.61. The van der Waals surface area contributed by atoms with E-state index in [1.54, 1.807) is 0 Å². The van der Waals surface area contributed by atoms with E-state index in [0.717, 1.165) is 30.6 Å². The number of rotatable bonds is 13. The minimum absolute atomic E-state index is 0.182. The molecule has 0 bridgehead atoms. The smallest absolute Gasteiger partial charge is 0.306 e. The first kappa shape index (κ1) is 20.5. The minimum atomic E-state index is -0.655. The van der Waals surface area contributed by atoms with Gasteiger partial charge in [0.1, 0.15) is 0 Å². The largest absolute Gasteiger partial charge is 0.481 e. The Kier molecular flexibility index (Phi) is 11.8. The van der Waals surface area contributed by atoms with E-state index < -0.39 is 5.97 Å². The Morgan fingerprint density at radius 2 is 1.10 bits per heavy atom. The number of carboxylic acid groups (broad SMARTS) is 1. The van der Waals surface area contributed by atoms with Gasteiger partial charge in [0.2, 0.25) is 0 Å². The molecule has 0 aliphatic heterocycles. The van der Waals surface area contributed by atoms with E-state index in [1.807, 2.05) is 6.92 Å². The fourth-order valence-electron chi connectivity index (χ4n) is 2.87. The number of carbonyl (C=O) groups is 1. The number of aliphatic carboxylic acids is 1. The first-order valence-corrected chi connectivity index (χ1v) is 9.05. The van der Waals surface area contributed by atoms with Crippen molar-refractivity contribution in [2.75, 3.05) is 0 Å². The quantitative estimate of drug-likeness (QED) is 0.443. The Morgan fingerprint density at radius 3 is 1.48 bits per heavy atom. The van der Waals surface area contributed by atoms with E-state index in [1.165, 1.54) is 44.9 Å². The summed E-state index contributed by atoms with van der Waals surface area (Å²) in [5.41, 5.74) is 0. The van der Waals surface area contributed by atoms with E-state index in [2.05, 4.69) is 27.7 Å². The summed E-state index contributed by atoms with van der Waals surface area (Å²) in [7, 11) is 0. The molecule has 0 aromatic rings. The molecule has 0 amide bonds. The second-order valence-electron chi connectivity index (χ2n) is 7.64. The van der Waals surface area contributed by atoms with Gasteiger partial charge in [0.25, 0.3) is 0 Å². The highest BCUT2D eigenvalue weighted by atomic mass is 16.4. The van der Waals surface area contributed by atoms with Crippen LogP contribution in [0.2, 0.25) is 0 Å². The third-order valence-electron chi connectivity index (χ3n) is 4.63. The molecule has 0 aliphatic carbocycles. The molecule has 0 saturated carbocycles. The molecule has 0 aromatic heterocycles. The SMILES string of the molecule is CC(C)CCC[C@@H](C)CCC[C@@H](C)CCC[C@@H](C)C(=O)O. The molecule has 0 aliphatic rings. The van der Waals surface area contributed by atoms with Crippen molar-refractivity contribution in [2.45, 2.75) is 92.4 Å². The van der Waals surface area contributed by atoms with Crippen LogP contribution in [0, 0.1) is 23.7 Å². The molecule has 0 aromatic carbocycles. The normalized spacial score (nSPS) is 15.9. The van der Waals surface area contributed by atoms with Crippen molar-refractivity contribution >= 4 is 5.97 Å². The Hall–Kier alpha value is -0.530. The Morgan fingerprint density at radius 1 is 0.714 bits per heavy atom. The van der Waals surface area contributed by atoms with Crippen LogP contribution >= 0.6 is 0 Å². The molecule has 2 heteroatoms. The van der Waals surface area contributed by atoms with Gasteiger partial charge in [-0.1, -0.05) is 86.0 Å². The third kappa shape index (κ3) is 12.9. The van der Waals surface area contributed by atoms with Gasteiger partial charge in [-0.2, -0.15) is 0 Å². The van der Waals surface area contributed by atoms with Gasteiger partial charge in [0.15, 0.2) is 0 Å². The highest BCUT2D eigenvalue weighted by molar-refractivity contribution is 5.69. The fraction of sp³-hybridized carbons (Fsp3) is 0.947. The molecule has 0 fully saturated rings. The van der Waals surface area contributed by atoms with Crippen molar-refractivity contribution in [2.24, 2.45) is 23.7 Å². The van der Waals surface area contributed by atoms with Gasteiger partial charge in [-0.05, 0) is 24.2 Å². The molecular weight excluding hydrogens is 260 g/mol. The summed E-state index contributed by atoms with van der Waals surface area (Å²) in [6, 6.07) is 0. The lowest BCUT2D eigenvalue weighted by Gasteiger charge is -2.15. The van der Waals surface area contributed by atoms with Gasteiger partial charge in [-0.15, -0.1) is 0 Å². The van der Waals surface area contributed by atoms with E-state index in [4.69, 9.17) is 5.11 Å². The summed E-state index contributed by atoms with van der Waals surface area (Å²) in [4.78, 5) is 10.8. The summed E-state index contributed by atoms with van der Waals surface area (Å²) >= 11 is 0. The Bertz CT molecular complexity index is 260. The molecule has 0 spiro atoms. The average Bonchev–Trinajstić information content (AvgIpc) is 2.37. The number of hydrogen-bond donors (Lipinski definition) is 1. The molecular formula is C19H38O2. The van der Waals surface area contributed by atoms with E-state index in [0.29, 0.717) is 0 Å². The average molecular weight is 299 g/mol. The van der Waals surface area contributed by atoms with Gasteiger partial charge >= 0.3 is 5.97 Å². The van der Waals surface area contributed by atoms with E-state index in [-0.39, 0.29) is 5.92 Å². The maximum absolute atomic E-state index is 10.8. The van der Waals surface area contributed by atoms with Crippen molar-refractivity contribution in [3.63, 3.8) is 0 Å². The highest BCUT2D eigenvalue weighted by Gasteiger charge is 2.11. The van der Waals surface area contributed by atoms with Crippen molar-refractivity contribution in [1.82, 2.24) is 0 Å². The highest BCUT2D eigenvalue weighted by Crippen LogP contribution is 2.22. The lowest BCUT2D eigenvalue weighted by Crippen LogP contribution is -2.09. The summed E-state index contributed by atoms with van der Waals surface area (Å²) in [6.07, 6.45) is 11.2. The first-order chi connectivity index (χ1) is 9.82. The van der Waals surface area contributed by atoms with Crippen LogP contribution in [0.4, 0.5) is 0 Å². The summed E-state index contributed by atoms with van der Waals surface area (Å²) in [6.45, 7) is 11.1. The van der Waals surface area contributed by atoms with Crippen LogP contribution in [-0.4, -0.2) is 11.1 Å². The summed E-state index contributed by atoms with van der Waals surface area (Å²) in [5, 5.41) is 8.85. The first-order valence-electron chi connectivity index (χ1n) is 9.05. The predicted octanol–water partition coefficient (Wildman–Crippen LogP) is 6.15. The van der Waals surface area contributed by atoms with Gasteiger partial charge in [0.05, 0.1) is 5.92 Å². The van der Waals surface area contributed by atoms with E-state index >= 15 is 0 Å². The topological polar surface area (TPSA) is 37.3 Å². The van der Waals surface area contributed by atoms with Gasteiger partial charge in [0, 0.05) is 0 Å². The lowest BCUT2D eigenvalue weighted by molar-refractivity contribution is -0.141. The van der Waals surface area contributed by atoms with Crippen LogP contribution in [0.5, 0.6) is 0 Å². The number of hydrogen-bond acceptors (Lipinski definition) is 1. The molecule has 0 radical (unpaired) electrons. The van der Waals surface area contributed by atoms with Crippen molar-refractivity contribution < 1.29 is 9.90 Å². The molecule has 0 unspecified atom stereocenters. The van der Waals surface area contributed by atoms with Gasteiger partial charge in [-0.3, -0.25) is 4.79 Å². The van der Waals surface area contributed by atoms with E-state index in [9.17, 15) is 4.79 Å². The van der Waals surface area contributed by atoms with Crippen LogP contribution in [-0.2, 0) is 4.79 Å². The molecule has 21 heavy (non-hydrogen) atoms. The predicted molar refractivity (Wildman–Crippen MR) is 91.5 cm³/mol. The minimum Gasteiger partial charge on any atom is -0.481 e. The molecule has 0 rings (SSSR count). The zero-order valence-electron chi connectivity index (χ0n) is 15.0. The Labute approximate surface area is 132 Å². The standard InChI is InChI=1S/C19H38O2/c1-15(2)9-6-10-16(3)11-7-12-17(4)13-8-14-18(5)19(20)21/h15-18H,6-14H2,1-5H3,(H,20,21)/t16-,17-,18-/m1/s1. The maximum Gasteiger partial charge on any atom is 0.306 e. The lowest BCUT2D eigenvalue weighted by atomic mass is 9.91. The Balaban J connectivity index is 3.52. The van der Waals surface area contributed by atoms with Crippen LogP contribution in [0.1, 0.15) is 92.4 Å². The van der Waals surface area contributed by atoms with Gasteiger partial charge in [-0.25, -0.2) is 0 Å². The molecule has 2 nitrogen and oxygen atoms in total. The molecule has 3 atom stereocenters. The van der Waals surface area contributed by atoms with Crippen molar-refractivity contribution in [1.29, 1.82) is 0 Å². The van der Waals surface area contributed by atoms with Crippen LogP contribution in [0.3, 0.4) is 0 Å². The van der Waals surface area contributed by atoms with Crippen molar-refractivity contribution in [3.05, 3.63) is 0 Å². The second-order valence-corrected chi connectivity index (χ2v) is 7.64. The van der Waals surface area contributed by atoms with Crippen LogP contribution < -0.4 is 0 Å². The monoisotopic (exact) mass is 298 g/mol. The second kappa shape index (κ2) is 12.1. The summed E-state index contributed by atoms with van der Waals surface area (Å²) < 4.78 is 0. The van der Waals surface area contributed by atoms with Crippen molar-refractivity contribution in [3.8, 4) is 0 Å². The van der Waals surface area contributed by atoms with Crippen LogP contribution in [0.15, 0.2) is 0 Å². The zero-order valence-corrected chi connectivity index (χ0v) is 15.0. The fourth-order valence-corrected chi connectivity index (χ4v) is 2.87. The molecule has 0 saturated heterocycles. The maximum atomic E-state index is 10.8. The zero-order chi connectivity index (χ0) is 16.3. The number of carboxylic acids is 1.